The summed E-state index contributed by atoms with van der Waals surface area (Å²) in [4.78, 5) is 27.0. The summed E-state index contributed by atoms with van der Waals surface area (Å²) in [6.07, 6.45) is 1.16. The van der Waals surface area contributed by atoms with Crippen LogP contribution < -0.4 is 4.90 Å². The Morgan fingerprint density at radius 2 is 1.77 bits per heavy atom. The Morgan fingerprint density at radius 1 is 1.08 bits per heavy atom. The van der Waals surface area contributed by atoms with Gasteiger partial charge in [-0.15, -0.1) is 0 Å². The van der Waals surface area contributed by atoms with Gasteiger partial charge >= 0.3 is 5.97 Å². The number of cyclic esters (lactones) is 1. The number of carbonyl (C=O) groups is 2. The summed E-state index contributed by atoms with van der Waals surface area (Å²) < 4.78 is 5.29. The first-order valence-corrected chi connectivity index (χ1v) is 9.03. The molecule has 1 atom stereocenters. The first-order valence-electron chi connectivity index (χ1n) is 8.66. The average Bonchev–Trinajstić information content (AvgIpc) is 3.03. The SMILES string of the molecule is CCc1ccc(N2C(=O)C[C@@H](c3ccc(Cl)cc3)C3=C2COC3=O)cc1. The van der Waals surface area contributed by atoms with Crippen LogP contribution >= 0.6 is 11.6 Å². The van der Waals surface area contributed by atoms with E-state index in [1.54, 1.807) is 17.0 Å². The van der Waals surface area contributed by atoms with E-state index in [1.165, 1.54) is 5.56 Å². The van der Waals surface area contributed by atoms with Crippen LogP contribution in [0.5, 0.6) is 0 Å². The van der Waals surface area contributed by atoms with Crippen molar-refractivity contribution in [1.82, 2.24) is 0 Å². The van der Waals surface area contributed by atoms with E-state index in [2.05, 4.69) is 6.92 Å². The molecule has 0 unspecified atom stereocenters. The Morgan fingerprint density at radius 3 is 2.42 bits per heavy atom. The van der Waals surface area contributed by atoms with Crippen molar-refractivity contribution in [2.75, 3.05) is 11.5 Å². The molecule has 2 aliphatic heterocycles. The van der Waals surface area contributed by atoms with Crippen molar-refractivity contribution in [3.63, 3.8) is 0 Å². The molecule has 0 spiro atoms. The lowest BCUT2D eigenvalue weighted by Crippen LogP contribution is -2.37. The maximum absolute atomic E-state index is 12.9. The molecule has 2 aliphatic rings. The van der Waals surface area contributed by atoms with Crippen molar-refractivity contribution < 1.29 is 14.3 Å². The molecule has 2 aromatic rings. The van der Waals surface area contributed by atoms with Crippen molar-refractivity contribution in [3.05, 3.63) is 76.0 Å². The fourth-order valence-electron chi connectivity index (χ4n) is 3.61. The number of aryl methyl sites for hydroxylation is 1. The molecule has 0 aliphatic carbocycles. The van der Waals surface area contributed by atoms with Crippen molar-refractivity contribution in [3.8, 4) is 0 Å². The second kappa shape index (κ2) is 6.61. The second-order valence-corrected chi connectivity index (χ2v) is 6.93. The van der Waals surface area contributed by atoms with Crippen LogP contribution in [0.15, 0.2) is 59.8 Å². The normalized spacial score (nSPS) is 19.6. The molecule has 2 heterocycles. The van der Waals surface area contributed by atoms with E-state index in [0.29, 0.717) is 16.3 Å². The number of rotatable bonds is 3. The predicted octanol–water partition coefficient (Wildman–Crippen LogP) is 4.23. The van der Waals surface area contributed by atoms with Crippen LogP contribution in [0.1, 0.15) is 30.4 Å². The number of hydrogen-bond acceptors (Lipinski definition) is 3. The highest BCUT2D eigenvalue weighted by Gasteiger charge is 2.42. The standard InChI is InChI=1S/C21H18ClNO3/c1-2-13-3-9-16(10-4-13)23-18-12-26-21(25)20(18)17(11-19(23)24)14-5-7-15(22)8-6-14/h3-10,17H,2,11-12H2,1H3/t17-/m0/s1. The van der Waals surface area contributed by atoms with E-state index >= 15 is 0 Å². The van der Waals surface area contributed by atoms with Gasteiger partial charge in [0.1, 0.15) is 6.61 Å². The first-order chi connectivity index (χ1) is 12.6. The van der Waals surface area contributed by atoms with Crippen molar-refractivity contribution in [1.29, 1.82) is 0 Å². The zero-order valence-corrected chi connectivity index (χ0v) is 15.1. The summed E-state index contributed by atoms with van der Waals surface area (Å²) >= 11 is 5.97. The third-order valence-electron chi connectivity index (χ3n) is 4.99. The highest BCUT2D eigenvalue weighted by molar-refractivity contribution is 6.30. The minimum Gasteiger partial charge on any atom is -0.456 e. The summed E-state index contributed by atoms with van der Waals surface area (Å²) in [6, 6.07) is 15.1. The highest BCUT2D eigenvalue weighted by Crippen LogP contribution is 2.42. The first kappa shape index (κ1) is 16.9. The van der Waals surface area contributed by atoms with Gasteiger partial charge in [0.25, 0.3) is 0 Å². The van der Waals surface area contributed by atoms with Gasteiger partial charge in [0.2, 0.25) is 5.91 Å². The minimum absolute atomic E-state index is 0.0359. The second-order valence-electron chi connectivity index (χ2n) is 6.49. The number of anilines is 1. The largest absolute Gasteiger partial charge is 0.456 e. The molecule has 26 heavy (non-hydrogen) atoms. The Kier molecular flexibility index (Phi) is 4.29. The van der Waals surface area contributed by atoms with Gasteiger partial charge in [-0.2, -0.15) is 0 Å². The summed E-state index contributed by atoms with van der Waals surface area (Å²) in [5.41, 5.74) is 4.09. The Labute approximate surface area is 157 Å². The smallest absolute Gasteiger partial charge is 0.336 e. The van der Waals surface area contributed by atoms with E-state index < -0.39 is 0 Å². The molecule has 0 saturated carbocycles. The lowest BCUT2D eigenvalue weighted by atomic mass is 9.84. The number of carbonyl (C=O) groups excluding carboxylic acids is 2. The molecular formula is C21H18ClNO3. The molecular weight excluding hydrogens is 350 g/mol. The molecule has 4 rings (SSSR count). The number of esters is 1. The van der Waals surface area contributed by atoms with Gasteiger partial charge in [0, 0.05) is 23.0 Å². The van der Waals surface area contributed by atoms with Gasteiger partial charge in [-0.3, -0.25) is 9.69 Å². The van der Waals surface area contributed by atoms with E-state index in [9.17, 15) is 9.59 Å². The molecule has 0 aromatic heterocycles. The van der Waals surface area contributed by atoms with Gasteiger partial charge in [0.05, 0.1) is 11.3 Å². The summed E-state index contributed by atoms with van der Waals surface area (Å²) in [5.74, 6) is -0.676. The third-order valence-corrected chi connectivity index (χ3v) is 5.24. The van der Waals surface area contributed by atoms with E-state index in [0.717, 1.165) is 17.7 Å². The highest BCUT2D eigenvalue weighted by atomic mass is 35.5. The fraction of sp³-hybridized carbons (Fsp3) is 0.238. The van der Waals surface area contributed by atoms with E-state index in [1.807, 2.05) is 36.4 Å². The topological polar surface area (TPSA) is 46.6 Å². The maximum atomic E-state index is 12.9. The van der Waals surface area contributed by atoms with Crippen LogP contribution in [0.25, 0.3) is 0 Å². The predicted molar refractivity (Wildman–Crippen MR) is 100 cm³/mol. The van der Waals surface area contributed by atoms with Gasteiger partial charge in [-0.05, 0) is 41.8 Å². The minimum atomic E-state index is -0.345. The number of ether oxygens (including phenoxy) is 1. The van der Waals surface area contributed by atoms with Gasteiger partial charge < -0.3 is 4.74 Å². The Bertz CT molecular complexity index is 900. The summed E-state index contributed by atoms with van der Waals surface area (Å²) in [7, 11) is 0. The fourth-order valence-corrected chi connectivity index (χ4v) is 3.74. The zero-order valence-electron chi connectivity index (χ0n) is 14.4. The molecule has 132 valence electrons. The van der Waals surface area contributed by atoms with Crippen LogP contribution in [0.4, 0.5) is 5.69 Å². The molecule has 0 radical (unpaired) electrons. The molecule has 1 amide bonds. The Balaban J connectivity index is 1.78. The molecule has 4 nitrogen and oxygen atoms in total. The molecule has 0 N–H and O–H groups in total. The lowest BCUT2D eigenvalue weighted by Gasteiger charge is -2.32. The van der Waals surface area contributed by atoms with Crippen molar-refractivity contribution >= 4 is 29.2 Å². The lowest BCUT2D eigenvalue weighted by molar-refractivity contribution is -0.136. The Hall–Kier alpha value is -2.59. The van der Waals surface area contributed by atoms with Crippen molar-refractivity contribution in [2.24, 2.45) is 0 Å². The molecule has 2 aromatic carbocycles. The van der Waals surface area contributed by atoms with Crippen LogP contribution in [-0.2, 0) is 20.7 Å². The monoisotopic (exact) mass is 367 g/mol. The van der Waals surface area contributed by atoms with Crippen LogP contribution in [0.2, 0.25) is 5.02 Å². The third kappa shape index (κ3) is 2.80. The molecule has 0 saturated heterocycles. The van der Waals surface area contributed by atoms with Crippen LogP contribution in [0.3, 0.4) is 0 Å². The number of benzene rings is 2. The number of hydrogen-bond donors (Lipinski definition) is 0. The summed E-state index contributed by atoms with van der Waals surface area (Å²) in [6.45, 7) is 2.21. The number of amides is 1. The van der Waals surface area contributed by atoms with Crippen LogP contribution in [-0.4, -0.2) is 18.5 Å². The van der Waals surface area contributed by atoms with Gasteiger partial charge in [-0.25, -0.2) is 4.79 Å². The molecule has 0 bridgehead atoms. The van der Waals surface area contributed by atoms with Gasteiger partial charge in [-0.1, -0.05) is 42.8 Å². The average molecular weight is 368 g/mol. The number of nitrogens with zero attached hydrogens (tertiary/aromatic N) is 1. The van der Waals surface area contributed by atoms with Crippen molar-refractivity contribution in [2.45, 2.75) is 25.7 Å². The molecule has 5 heteroatoms. The summed E-state index contributed by atoms with van der Waals surface area (Å²) in [5, 5.41) is 0.622. The van der Waals surface area contributed by atoms with Crippen LogP contribution in [0, 0.1) is 0 Å². The zero-order chi connectivity index (χ0) is 18.3. The molecule has 0 fully saturated rings. The number of halogens is 1. The quantitative estimate of drug-likeness (QED) is 0.762. The van der Waals surface area contributed by atoms with E-state index in [-0.39, 0.29) is 30.8 Å². The van der Waals surface area contributed by atoms with E-state index in [4.69, 9.17) is 16.3 Å². The van der Waals surface area contributed by atoms with Gasteiger partial charge in [0.15, 0.2) is 0 Å². The maximum Gasteiger partial charge on any atom is 0.336 e.